The standard InChI is InChI=1S/C13H14BrClFN3/c1-3-19-12(13(14)8(2)18-19)7-17-11-6-9(16)4-5-10(11)15/h4-6,17H,3,7H2,1-2H3. The molecular formula is C13H14BrClFN3. The molecule has 0 aliphatic rings. The van der Waals surface area contributed by atoms with Crippen LogP contribution in [0.4, 0.5) is 10.1 Å². The number of hydrogen-bond acceptors (Lipinski definition) is 2. The summed E-state index contributed by atoms with van der Waals surface area (Å²) in [6.07, 6.45) is 0. The van der Waals surface area contributed by atoms with Crippen molar-refractivity contribution in [2.45, 2.75) is 26.9 Å². The molecule has 0 aliphatic heterocycles. The molecule has 1 aromatic heterocycles. The molecule has 0 unspecified atom stereocenters. The zero-order chi connectivity index (χ0) is 14.0. The second kappa shape index (κ2) is 5.92. The van der Waals surface area contributed by atoms with Gasteiger partial charge in [-0.25, -0.2) is 4.39 Å². The van der Waals surface area contributed by atoms with E-state index < -0.39 is 0 Å². The maximum atomic E-state index is 13.2. The zero-order valence-corrected chi connectivity index (χ0v) is 13.0. The fourth-order valence-electron chi connectivity index (χ4n) is 1.85. The Morgan fingerprint density at radius 2 is 2.21 bits per heavy atom. The highest BCUT2D eigenvalue weighted by molar-refractivity contribution is 9.10. The lowest BCUT2D eigenvalue weighted by Gasteiger charge is -2.10. The van der Waals surface area contributed by atoms with E-state index in [1.165, 1.54) is 18.2 Å². The Hall–Kier alpha value is -1.07. The van der Waals surface area contributed by atoms with E-state index in [2.05, 4.69) is 26.3 Å². The van der Waals surface area contributed by atoms with Crippen molar-refractivity contribution in [2.24, 2.45) is 0 Å². The topological polar surface area (TPSA) is 29.9 Å². The van der Waals surface area contributed by atoms with Gasteiger partial charge >= 0.3 is 0 Å². The summed E-state index contributed by atoms with van der Waals surface area (Å²) < 4.78 is 16.0. The molecule has 19 heavy (non-hydrogen) atoms. The van der Waals surface area contributed by atoms with Crippen LogP contribution < -0.4 is 5.32 Å². The van der Waals surface area contributed by atoms with Crippen LogP contribution in [0.25, 0.3) is 0 Å². The van der Waals surface area contributed by atoms with E-state index in [9.17, 15) is 4.39 Å². The fourth-order valence-corrected chi connectivity index (χ4v) is 2.46. The van der Waals surface area contributed by atoms with Gasteiger partial charge in [-0.1, -0.05) is 11.6 Å². The average molecular weight is 347 g/mol. The molecule has 0 radical (unpaired) electrons. The number of anilines is 1. The lowest BCUT2D eigenvalue weighted by Crippen LogP contribution is -2.08. The molecule has 6 heteroatoms. The first-order valence-electron chi connectivity index (χ1n) is 5.93. The molecule has 3 nitrogen and oxygen atoms in total. The zero-order valence-electron chi connectivity index (χ0n) is 10.7. The summed E-state index contributed by atoms with van der Waals surface area (Å²) in [6.45, 7) is 5.27. The summed E-state index contributed by atoms with van der Waals surface area (Å²) in [6, 6.07) is 4.26. The van der Waals surface area contributed by atoms with Gasteiger partial charge in [0.15, 0.2) is 0 Å². The molecule has 0 saturated carbocycles. The number of rotatable bonds is 4. The second-order valence-corrected chi connectivity index (χ2v) is 5.34. The summed E-state index contributed by atoms with van der Waals surface area (Å²) in [5.74, 6) is -0.314. The minimum atomic E-state index is -0.314. The van der Waals surface area contributed by atoms with E-state index in [1.807, 2.05) is 18.5 Å². The lowest BCUT2D eigenvalue weighted by atomic mass is 10.3. The van der Waals surface area contributed by atoms with Crippen LogP contribution >= 0.6 is 27.5 Å². The fraction of sp³-hybridized carbons (Fsp3) is 0.308. The van der Waals surface area contributed by atoms with E-state index >= 15 is 0 Å². The van der Waals surface area contributed by atoms with Crippen molar-refractivity contribution >= 4 is 33.2 Å². The Labute approximate surface area is 124 Å². The van der Waals surface area contributed by atoms with E-state index in [0.717, 1.165) is 22.4 Å². The molecule has 0 spiro atoms. The summed E-state index contributed by atoms with van der Waals surface area (Å²) in [4.78, 5) is 0. The molecule has 1 N–H and O–H groups in total. The summed E-state index contributed by atoms with van der Waals surface area (Å²) >= 11 is 9.54. The highest BCUT2D eigenvalue weighted by Gasteiger charge is 2.12. The van der Waals surface area contributed by atoms with Gasteiger partial charge in [0, 0.05) is 6.54 Å². The Balaban J connectivity index is 2.21. The Morgan fingerprint density at radius 1 is 1.47 bits per heavy atom. The van der Waals surface area contributed by atoms with Crippen LogP contribution in [0.15, 0.2) is 22.7 Å². The third-order valence-electron chi connectivity index (χ3n) is 2.83. The summed E-state index contributed by atoms with van der Waals surface area (Å²) in [5.41, 5.74) is 2.53. The molecule has 0 atom stereocenters. The first-order chi connectivity index (χ1) is 9.02. The summed E-state index contributed by atoms with van der Waals surface area (Å²) in [7, 11) is 0. The van der Waals surface area contributed by atoms with Crippen LogP contribution in [0.3, 0.4) is 0 Å². The van der Waals surface area contributed by atoms with Crippen LogP contribution in [0.1, 0.15) is 18.3 Å². The van der Waals surface area contributed by atoms with Gasteiger partial charge in [0.1, 0.15) is 5.82 Å². The highest BCUT2D eigenvalue weighted by Crippen LogP contribution is 2.25. The van der Waals surface area contributed by atoms with Gasteiger partial charge in [-0.3, -0.25) is 4.68 Å². The lowest BCUT2D eigenvalue weighted by molar-refractivity contribution is 0.620. The Kier molecular flexibility index (Phi) is 4.47. The smallest absolute Gasteiger partial charge is 0.125 e. The Morgan fingerprint density at radius 3 is 2.89 bits per heavy atom. The predicted molar refractivity (Wildman–Crippen MR) is 79.1 cm³/mol. The SMILES string of the molecule is CCn1nc(C)c(Br)c1CNc1cc(F)ccc1Cl. The molecule has 0 saturated heterocycles. The minimum absolute atomic E-state index is 0.314. The molecular weight excluding hydrogens is 333 g/mol. The maximum Gasteiger partial charge on any atom is 0.125 e. The van der Waals surface area contributed by atoms with Crippen molar-refractivity contribution in [3.63, 3.8) is 0 Å². The first-order valence-corrected chi connectivity index (χ1v) is 7.10. The average Bonchev–Trinajstić information content (AvgIpc) is 2.66. The molecule has 1 heterocycles. The third-order valence-corrected chi connectivity index (χ3v) is 4.19. The highest BCUT2D eigenvalue weighted by atomic mass is 79.9. The van der Waals surface area contributed by atoms with Crippen molar-refractivity contribution < 1.29 is 4.39 Å². The van der Waals surface area contributed by atoms with E-state index in [1.54, 1.807) is 0 Å². The number of halogens is 3. The third kappa shape index (κ3) is 3.09. The number of aryl methyl sites for hydroxylation is 2. The van der Waals surface area contributed by atoms with Crippen molar-refractivity contribution in [1.29, 1.82) is 0 Å². The van der Waals surface area contributed by atoms with E-state index in [4.69, 9.17) is 11.6 Å². The van der Waals surface area contributed by atoms with Gasteiger partial charge < -0.3 is 5.32 Å². The monoisotopic (exact) mass is 345 g/mol. The molecule has 0 aliphatic carbocycles. The molecule has 0 fully saturated rings. The number of hydrogen-bond donors (Lipinski definition) is 1. The molecule has 2 rings (SSSR count). The van der Waals surface area contributed by atoms with Crippen molar-refractivity contribution in [3.8, 4) is 0 Å². The van der Waals surface area contributed by atoms with Crippen molar-refractivity contribution in [3.05, 3.63) is 44.9 Å². The largest absolute Gasteiger partial charge is 0.378 e. The predicted octanol–water partition coefficient (Wildman–Crippen LogP) is 4.38. The van der Waals surface area contributed by atoms with Gasteiger partial charge in [0.25, 0.3) is 0 Å². The quantitative estimate of drug-likeness (QED) is 0.890. The molecule has 102 valence electrons. The van der Waals surface area contributed by atoms with Crippen molar-refractivity contribution in [2.75, 3.05) is 5.32 Å². The molecule has 2 aromatic rings. The number of nitrogens with one attached hydrogen (secondary N) is 1. The normalized spacial score (nSPS) is 10.8. The van der Waals surface area contributed by atoms with Gasteiger partial charge in [-0.05, 0) is 48.0 Å². The number of aromatic nitrogens is 2. The molecule has 0 bridgehead atoms. The Bertz CT molecular complexity index is 598. The van der Waals surface area contributed by atoms with Gasteiger partial charge in [0.2, 0.25) is 0 Å². The first kappa shape index (κ1) is 14.3. The van der Waals surface area contributed by atoms with Crippen LogP contribution in [0.5, 0.6) is 0 Å². The maximum absolute atomic E-state index is 13.2. The minimum Gasteiger partial charge on any atom is -0.378 e. The van der Waals surface area contributed by atoms with Crippen LogP contribution in [0, 0.1) is 12.7 Å². The van der Waals surface area contributed by atoms with Crippen LogP contribution in [-0.2, 0) is 13.1 Å². The number of benzene rings is 1. The molecule has 1 aromatic carbocycles. The van der Waals surface area contributed by atoms with Gasteiger partial charge in [-0.2, -0.15) is 5.10 Å². The summed E-state index contributed by atoms with van der Waals surface area (Å²) in [5, 5.41) is 8.04. The van der Waals surface area contributed by atoms with Crippen molar-refractivity contribution in [1.82, 2.24) is 9.78 Å². The second-order valence-electron chi connectivity index (χ2n) is 4.14. The van der Waals surface area contributed by atoms with Crippen LogP contribution in [0.2, 0.25) is 5.02 Å². The van der Waals surface area contributed by atoms with E-state index in [-0.39, 0.29) is 5.82 Å². The van der Waals surface area contributed by atoms with Gasteiger partial charge in [-0.15, -0.1) is 0 Å². The van der Waals surface area contributed by atoms with E-state index in [0.29, 0.717) is 17.3 Å². The van der Waals surface area contributed by atoms with Gasteiger partial charge in [0.05, 0.1) is 33.1 Å². The molecule has 0 amide bonds. The van der Waals surface area contributed by atoms with Crippen LogP contribution in [-0.4, -0.2) is 9.78 Å². The number of nitrogens with zero attached hydrogens (tertiary/aromatic N) is 2.